The summed E-state index contributed by atoms with van der Waals surface area (Å²) in [4.78, 5) is 1.53. The van der Waals surface area contributed by atoms with E-state index < -0.39 is 0 Å². The summed E-state index contributed by atoms with van der Waals surface area (Å²) in [6.07, 6.45) is 0. The molecule has 2 aromatic rings. The molecule has 1 fully saturated rings. The molecular weight excluding hydrogens is 358 g/mol. The molecule has 1 saturated heterocycles. The van der Waals surface area contributed by atoms with Crippen molar-refractivity contribution in [1.82, 2.24) is 5.32 Å². The van der Waals surface area contributed by atoms with E-state index in [2.05, 4.69) is 47.9 Å². The Morgan fingerprint density at radius 1 is 1.07 bits per heavy atom. The van der Waals surface area contributed by atoms with Crippen molar-refractivity contribution >= 4 is 23.0 Å². The van der Waals surface area contributed by atoms with E-state index in [-0.39, 0.29) is 6.04 Å². The van der Waals surface area contributed by atoms with Gasteiger partial charge in [0, 0.05) is 11.3 Å². The van der Waals surface area contributed by atoms with Crippen molar-refractivity contribution in [3.63, 3.8) is 0 Å². The fourth-order valence-corrected chi connectivity index (χ4v) is 3.92. The molecule has 0 unspecified atom stereocenters. The van der Waals surface area contributed by atoms with Crippen LogP contribution in [0.1, 0.15) is 18.5 Å². The van der Waals surface area contributed by atoms with Gasteiger partial charge < -0.3 is 25.0 Å². The molecule has 2 atom stereocenters. The first-order valence-electron chi connectivity index (χ1n) is 9.36. The number of hydrogen-bond acceptors (Lipinski definition) is 3. The molecule has 1 aliphatic rings. The van der Waals surface area contributed by atoms with Crippen LogP contribution < -0.4 is 20.3 Å². The summed E-state index contributed by atoms with van der Waals surface area (Å²) in [6.45, 7) is 5.82. The molecule has 0 spiro atoms. The van der Waals surface area contributed by atoms with Gasteiger partial charge >= 0.3 is 0 Å². The summed E-state index contributed by atoms with van der Waals surface area (Å²) in [5.41, 5.74) is 2.26. The van der Waals surface area contributed by atoms with Crippen molar-refractivity contribution in [2.45, 2.75) is 19.0 Å². The zero-order chi connectivity index (χ0) is 19.1. The molecule has 3 N–H and O–H groups in total. The number of thiocarbonyl (C=S) groups is 1. The highest BCUT2D eigenvalue weighted by atomic mass is 32.1. The maximum absolute atomic E-state index is 5.56. The summed E-state index contributed by atoms with van der Waals surface area (Å²) in [6, 6.07) is 18.9. The second-order valence-corrected chi connectivity index (χ2v) is 7.18. The Hall–Kier alpha value is -2.15. The van der Waals surface area contributed by atoms with Gasteiger partial charge in [-0.3, -0.25) is 0 Å². The third kappa shape index (κ3) is 5.42. The lowest BCUT2D eigenvalue weighted by atomic mass is 9.98. The number of anilines is 1. The lowest BCUT2D eigenvalue weighted by Gasteiger charge is -2.35. The zero-order valence-electron chi connectivity index (χ0n) is 15.9. The third-order valence-corrected chi connectivity index (χ3v) is 5.16. The van der Waals surface area contributed by atoms with E-state index in [1.54, 1.807) is 7.11 Å². The average Bonchev–Trinajstić information content (AvgIpc) is 2.70. The van der Waals surface area contributed by atoms with Gasteiger partial charge in [-0.1, -0.05) is 30.3 Å². The van der Waals surface area contributed by atoms with Gasteiger partial charge in [-0.15, -0.1) is 0 Å². The molecule has 27 heavy (non-hydrogen) atoms. The van der Waals surface area contributed by atoms with Gasteiger partial charge in [0.15, 0.2) is 5.11 Å². The number of rotatable bonds is 6. The summed E-state index contributed by atoms with van der Waals surface area (Å²) < 4.78 is 10.8. The fraction of sp³-hybridized carbons (Fsp3) is 0.381. The van der Waals surface area contributed by atoms with E-state index >= 15 is 0 Å². The Balaban J connectivity index is 1.67. The minimum atomic E-state index is 0.179. The van der Waals surface area contributed by atoms with E-state index in [1.807, 2.05) is 24.3 Å². The summed E-state index contributed by atoms with van der Waals surface area (Å²) in [7, 11) is 1.66. The Bertz CT molecular complexity index is 718. The minimum Gasteiger partial charge on any atom is -0.497 e. The molecule has 3 rings (SSSR count). The van der Waals surface area contributed by atoms with Gasteiger partial charge in [0.2, 0.25) is 0 Å². The minimum absolute atomic E-state index is 0.179. The first kappa shape index (κ1) is 19.6. The van der Waals surface area contributed by atoms with E-state index in [1.165, 1.54) is 10.5 Å². The van der Waals surface area contributed by atoms with Crippen LogP contribution in [0, 0.1) is 0 Å². The molecule has 1 aliphatic heterocycles. The highest BCUT2D eigenvalue weighted by Gasteiger charge is 2.31. The molecule has 0 bridgehead atoms. The molecule has 1 heterocycles. The van der Waals surface area contributed by atoms with Crippen LogP contribution in [-0.2, 0) is 4.74 Å². The van der Waals surface area contributed by atoms with Crippen molar-refractivity contribution in [2.24, 2.45) is 0 Å². The molecule has 5 nitrogen and oxygen atoms in total. The molecule has 144 valence electrons. The monoisotopic (exact) mass is 386 g/mol. The fourth-order valence-electron chi connectivity index (χ4n) is 3.61. The first-order valence-corrected chi connectivity index (χ1v) is 9.77. The Labute approximate surface area is 166 Å². The van der Waals surface area contributed by atoms with Crippen LogP contribution in [0.5, 0.6) is 5.75 Å². The lowest BCUT2D eigenvalue weighted by molar-refractivity contribution is -0.940. The van der Waals surface area contributed by atoms with Gasteiger partial charge in [-0.25, -0.2) is 0 Å². The van der Waals surface area contributed by atoms with Gasteiger partial charge in [0.05, 0.1) is 26.4 Å². The van der Waals surface area contributed by atoms with Crippen LogP contribution in [0.2, 0.25) is 0 Å². The number of methoxy groups -OCH3 is 1. The quantitative estimate of drug-likeness (QED) is 0.663. The number of hydrogen-bond donors (Lipinski definition) is 3. The topological polar surface area (TPSA) is 47.0 Å². The number of ether oxygens (including phenoxy) is 2. The second kappa shape index (κ2) is 9.69. The molecule has 0 saturated carbocycles. The van der Waals surface area contributed by atoms with Crippen LogP contribution in [0.4, 0.5) is 5.69 Å². The SMILES string of the molecule is COc1ccc(NC(=S)N[C@@H](C)[C@@H](c2ccccc2)[NH+]2CCOCC2)cc1. The largest absolute Gasteiger partial charge is 0.497 e. The van der Waals surface area contributed by atoms with Crippen molar-refractivity contribution < 1.29 is 14.4 Å². The number of benzene rings is 2. The highest BCUT2D eigenvalue weighted by Crippen LogP contribution is 2.16. The normalized spacial score (nSPS) is 17.0. The Morgan fingerprint density at radius 2 is 1.74 bits per heavy atom. The standard InChI is InChI=1S/C21H27N3O2S/c1-16(22-21(27)23-18-8-10-19(25-2)11-9-18)20(17-6-4-3-5-7-17)24-12-14-26-15-13-24/h3-11,16,20H,12-15H2,1-2H3,(H2,22,23,27)/p+1/t16-,20-/m0/s1. The number of morpholine rings is 1. The van der Waals surface area contributed by atoms with Crippen LogP contribution >= 0.6 is 12.2 Å². The second-order valence-electron chi connectivity index (χ2n) is 6.77. The maximum atomic E-state index is 5.56. The summed E-state index contributed by atoms with van der Waals surface area (Å²) in [5.74, 6) is 0.827. The Morgan fingerprint density at radius 3 is 2.37 bits per heavy atom. The van der Waals surface area contributed by atoms with E-state index in [4.69, 9.17) is 21.7 Å². The smallest absolute Gasteiger partial charge is 0.171 e. The molecule has 0 aromatic heterocycles. The predicted molar refractivity (Wildman–Crippen MR) is 113 cm³/mol. The van der Waals surface area contributed by atoms with Gasteiger partial charge in [0.25, 0.3) is 0 Å². The average molecular weight is 387 g/mol. The first-order chi connectivity index (χ1) is 13.2. The van der Waals surface area contributed by atoms with Gasteiger partial charge in [-0.05, 0) is 43.4 Å². The van der Waals surface area contributed by atoms with E-state index in [0.717, 1.165) is 37.7 Å². The number of quaternary nitrogens is 1. The van der Waals surface area contributed by atoms with E-state index in [9.17, 15) is 0 Å². The lowest BCUT2D eigenvalue weighted by Crippen LogP contribution is -3.15. The van der Waals surface area contributed by atoms with Crippen LogP contribution in [0.3, 0.4) is 0 Å². The maximum Gasteiger partial charge on any atom is 0.171 e. The third-order valence-electron chi connectivity index (χ3n) is 4.94. The van der Waals surface area contributed by atoms with Crippen LogP contribution in [0.15, 0.2) is 54.6 Å². The van der Waals surface area contributed by atoms with E-state index in [0.29, 0.717) is 11.2 Å². The molecule has 6 heteroatoms. The summed E-state index contributed by atoms with van der Waals surface area (Å²) in [5, 5.41) is 7.37. The van der Waals surface area contributed by atoms with Crippen molar-refractivity contribution in [3.8, 4) is 5.75 Å². The van der Waals surface area contributed by atoms with Crippen LogP contribution in [-0.4, -0.2) is 44.6 Å². The Kier molecular flexibility index (Phi) is 7.04. The van der Waals surface area contributed by atoms with Crippen LogP contribution in [0.25, 0.3) is 0 Å². The predicted octanol–water partition coefficient (Wildman–Crippen LogP) is 2.03. The number of nitrogens with one attached hydrogen (secondary N) is 3. The summed E-state index contributed by atoms with van der Waals surface area (Å²) >= 11 is 5.56. The zero-order valence-corrected chi connectivity index (χ0v) is 16.7. The van der Waals surface area contributed by atoms with Gasteiger partial charge in [-0.2, -0.15) is 0 Å². The molecule has 0 aliphatic carbocycles. The van der Waals surface area contributed by atoms with Crippen molar-refractivity contribution in [2.75, 3.05) is 38.7 Å². The van der Waals surface area contributed by atoms with Crippen molar-refractivity contribution in [1.29, 1.82) is 0 Å². The molecule has 2 aromatic carbocycles. The highest BCUT2D eigenvalue weighted by molar-refractivity contribution is 7.80. The molecule has 0 radical (unpaired) electrons. The van der Waals surface area contributed by atoms with Gasteiger partial charge in [0.1, 0.15) is 24.9 Å². The molecular formula is C21H28N3O2S+. The molecule has 0 amide bonds. The van der Waals surface area contributed by atoms with Crippen molar-refractivity contribution in [3.05, 3.63) is 60.2 Å².